The maximum absolute atomic E-state index is 12.4. The van der Waals surface area contributed by atoms with Gasteiger partial charge in [0, 0.05) is 14.5 Å². The van der Waals surface area contributed by atoms with E-state index < -0.39 is 16.7 Å². The van der Waals surface area contributed by atoms with Crippen molar-refractivity contribution in [3.63, 3.8) is 0 Å². The Hall–Kier alpha value is -2.27. The van der Waals surface area contributed by atoms with Crippen LogP contribution in [-0.4, -0.2) is 16.7 Å². The van der Waals surface area contributed by atoms with Gasteiger partial charge in [-0.25, -0.2) is 5.01 Å². The monoisotopic (exact) mass is 441 g/mol. The second-order valence-corrected chi connectivity index (χ2v) is 6.77. The Morgan fingerprint density at radius 2 is 1.96 bits per heavy atom. The highest BCUT2D eigenvalue weighted by atomic mass is 127. The summed E-state index contributed by atoms with van der Waals surface area (Å²) < 4.78 is 1.01. The van der Waals surface area contributed by atoms with Crippen molar-refractivity contribution in [2.24, 2.45) is 0 Å². The average molecular weight is 441 g/mol. The second kappa shape index (κ2) is 6.08. The molecule has 1 aliphatic rings. The number of rotatable bonds is 3. The smallest absolute Gasteiger partial charge is 0.267 e. The zero-order valence-electron chi connectivity index (χ0n) is 11.4. The molecule has 0 saturated carbocycles. The maximum atomic E-state index is 12.4. The molecule has 2 amide bonds. The molecule has 1 aromatic carbocycles. The van der Waals surface area contributed by atoms with Crippen LogP contribution in [0.1, 0.15) is 4.88 Å². The summed E-state index contributed by atoms with van der Waals surface area (Å²) in [4.78, 5) is 35.0. The lowest BCUT2D eigenvalue weighted by molar-refractivity contribution is -0.384. The van der Waals surface area contributed by atoms with Crippen LogP contribution in [0.3, 0.4) is 0 Å². The van der Waals surface area contributed by atoms with Crippen LogP contribution in [0.15, 0.2) is 41.3 Å². The van der Waals surface area contributed by atoms with E-state index in [1.807, 2.05) is 12.1 Å². The summed E-state index contributed by atoms with van der Waals surface area (Å²) in [6.07, 6.45) is 1.36. The lowest BCUT2D eigenvalue weighted by Gasteiger charge is -2.14. The normalized spacial score (nSPS) is 16.0. The maximum Gasteiger partial charge on any atom is 0.282 e. The summed E-state index contributed by atoms with van der Waals surface area (Å²) in [5, 5.41) is 13.2. The third kappa shape index (κ3) is 3.10. The van der Waals surface area contributed by atoms with E-state index in [1.54, 1.807) is 12.1 Å². The molecule has 116 valence electrons. The molecule has 0 atom stereocenters. The fourth-order valence-corrected chi connectivity index (χ4v) is 3.13. The summed E-state index contributed by atoms with van der Waals surface area (Å²) in [5.74, 6) is -1.03. The molecule has 0 bridgehead atoms. The number of anilines is 1. The molecule has 0 spiro atoms. The zero-order valence-corrected chi connectivity index (χ0v) is 14.3. The number of hydrogen-bond donors (Lipinski definition) is 1. The quantitative estimate of drug-likeness (QED) is 0.261. The van der Waals surface area contributed by atoms with E-state index in [4.69, 9.17) is 0 Å². The van der Waals surface area contributed by atoms with E-state index in [9.17, 15) is 19.7 Å². The Kier molecular flexibility index (Phi) is 4.13. The third-order valence-corrected chi connectivity index (χ3v) is 4.67. The van der Waals surface area contributed by atoms with Crippen molar-refractivity contribution in [1.29, 1.82) is 0 Å². The number of amides is 2. The van der Waals surface area contributed by atoms with Gasteiger partial charge in [-0.2, -0.15) is 0 Å². The SMILES string of the molecule is O=C1NN(c2ccc(I)cc2)C(=O)C1=Cc1cc([N+](=O)[O-])cs1. The van der Waals surface area contributed by atoms with E-state index in [-0.39, 0.29) is 11.3 Å². The number of nitro groups is 1. The minimum atomic E-state index is -0.537. The number of halogens is 1. The van der Waals surface area contributed by atoms with E-state index in [0.717, 1.165) is 19.9 Å². The molecule has 0 radical (unpaired) electrons. The molecule has 1 aromatic heterocycles. The number of hydrogen-bond acceptors (Lipinski definition) is 5. The Morgan fingerprint density at radius 3 is 2.57 bits per heavy atom. The predicted octanol–water partition coefficient (Wildman–Crippen LogP) is 2.72. The highest BCUT2D eigenvalue weighted by molar-refractivity contribution is 14.1. The Morgan fingerprint density at radius 1 is 1.26 bits per heavy atom. The van der Waals surface area contributed by atoms with Crippen LogP contribution < -0.4 is 10.4 Å². The molecule has 0 aliphatic carbocycles. The van der Waals surface area contributed by atoms with E-state index in [0.29, 0.717) is 10.6 Å². The molecule has 2 heterocycles. The van der Waals surface area contributed by atoms with Crippen LogP contribution in [0, 0.1) is 13.7 Å². The Bertz CT molecular complexity index is 844. The first-order valence-electron chi connectivity index (χ1n) is 6.31. The molecule has 1 N–H and O–H groups in total. The number of benzene rings is 1. The van der Waals surface area contributed by atoms with Gasteiger partial charge in [-0.15, -0.1) is 11.3 Å². The predicted molar refractivity (Wildman–Crippen MR) is 93.7 cm³/mol. The van der Waals surface area contributed by atoms with Crippen LogP contribution in [0.2, 0.25) is 0 Å². The lowest BCUT2D eigenvalue weighted by atomic mass is 10.2. The summed E-state index contributed by atoms with van der Waals surface area (Å²) in [5.41, 5.74) is 2.91. The van der Waals surface area contributed by atoms with Crippen molar-refractivity contribution in [2.45, 2.75) is 0 Å². The summed E-state index contributed by atoms with van der Waals surface area (Å²) in [6.45, 7) is 0. The topological polar surface area (TPSA) is 92.6 Å². The number of nitrogens with one attached hydrogen (secondary N) is 1. The lowest BCUT2D eigenvalue weighted by Crippen LogP contribution is -2.35. The number of carbonyl (C=O) groups is 2. The third-order valence-electron chi connectivity index (χ3n) is 3.08. The van der Waals surface area contributed by atoms with Gasteiger partial charge in [-0.05, 0) is 52.9 Å². The van der Waals surface area contributed by atoms with Gasteiger partial charge in [0.2, 0.25) is 0 Å². The van der Waals surface area contributed by atoms with Crippen molar-refractivity contribution < 1.29 is 14.5 Å². The summed E-state index contributed by atoms with van der Waals surface area (Å²) in [7, 11) is 0. The zero-order chi connectivity index (χ0) is 16.6. The van der Waals surface area contributed by atoms with Crippen LogP contribution in [0.4, 0.5) is 11.4 Å². The van der Waals surface area contributed by atoms with E-state index >= 15 is 0 Å². The summed E-state index contributed by atoms with van der Waals surface area (Å²) >= 11 is 3.24. The Balaban J connectivity index is 1.90. The van der Waals surface area contributed by atoms with Crippen molar-refractivity contribution in [2.75, 3.05) is 5.01 Å². The van der Waals surface area contributed by atoms with Gasteiger partial charge in [0.25, 0.3) is 17.5 Å². The van der Waals surface area contributed by atoms with E-state index in [1.165, 1.54) is 17.5 Å². The molecule has 1 aliphatic heterocycles. The average Bonchev–Trinajstić information content (AvgIpc) is 3.09. The molecule has 2 aromatic rings. The van der Waals surface area contributed by atoms with Crippen LogP contribution >= 0.6 is 33.9 Å². The van der Waals surface area contributed by atoms with Crippen LogP contribution in [0.25, 0.3) is 6.08 Å². The van der Waals surface area contributed by atoms with E-state index in [2.05, 4.69) is 28.0 Å². The molecule has 23 heavy (non-hydrogen) atoms. The molecular weight excluding hydrogens is 433 g/mol. The first-order chi connectivity index (χ1) is 11.0. The van der Waals surface area contributed by atoms with Gasteiger partial charge in [0.1, 0.15) is 5.57 Å². The van der Waals surface area contributed by atoms with Gasteiger partial charge < -0.3 is 0 Å². The van der Waals surface area contributed by atoms with Gasteiger partial charge in [0.15, 0.2) is 0 Å². The van der Waals surface area contributed by atoms with Gasteiger partial charge in [0.05, 0.1) is 16.0 Å². The molecule has 1 saturated heterocycles. The molecule has 1 fully saturated rings. The fraction of sp³-hybridized carbons (Fsp3) is 0. The van der Waals surface area contributed by atoms with Crippen molar-refractivity contribution >= 4 is 63.2 Å². The first-order valence-corrected chi connectivity index (χ1v) is 8.27. The highest BCUT2D eigenvalue weighted by Crippen LogP contribution is 2.26. The summed E-state index contributed by atoms with van der Waals surface area (Å²) in [6, 6.07) is 8.41. The highest BCUT2D eigenvalue weighted by Gasteiger charge is 2.34. The number of thiophene rings is 1. The largest absolute Gasteiger partial charge is 0.282 e. The standard InChI is InChI=1S/C14H8IN3O4S/c15-8-1-3-9(4-2-8)17-14(20)12(13(19)16-17)6-11-5-10(7-23-11)18(21)22/h1-7H,(H,16,19). The molecule has 7 nitrogen and oxygen atoms in total. The van der Waals surface area contributed by atoms with Gasteiger partial charge in [-0.1, -0.05) is 0 Å². The minimum absolute atomic E-state index is 0.0553. The van der Waals surface area contributed by atoms with Crippen molar-refractivity contribution in [3.8, 4) is 0 Å². The van der Waals surface area contributed by atoms with Gasteiger partial charge in [-0.3, -0.25) is 25.1 Å². The van der Waals surface area contributed by atoms with Crippen molar-refractivity contribution in [1.82, 2.24) is 5.43 Å². The first kappa shape index (κ1) is 15.6. The number of carbonyl (C=O) groups excluding carboxylic acids is 2. The fourth-order valence-electron chi connectivity index (χ4n) is 1.99. The Labute approximate surface area is 147 Å². The van der Waals surface area contributed by atoms with Crippen molar-refractivity contribution in [3.05, 3.63) is 59.8 Å². The molecule has 3 rings (SSSR count). The molecular formula is C14H8IN3O4S. The van der Waals surface area contributed by atoms with Gasteiger partial charge >= 0.3 is 0 Å². The van der Waals surface area contributed by atoms with Crippen LogP contribution in [0.5, 0.6) is 0 Å². The number of nitrogens with zero attached hydrogens (tertiary/aromatic N) is 2. The van der Waals surface area contributed by atoms with Crippen LogP contribution in [-0.2, 0) is 9.59 Å². The molecule has 0 unspecified atom stereocenters. The number of hydrazine groups is 1. The minimum Gasteiger partial charge on any atom is -0.267 e. The molecule has 9 heteroatoms. The second-order valence-electron chi connectivity index (χ2n) is 4.58.